The van der Waals surface area contributed by atoms with Crippen LogP contribution >= 0.6 is 0 Å². The van der Waals surface area contributed by atoms with Crippen molar-refractivity contribution in [1.29, 1.82) is 0 Å². The molecule has 1 amide bonds. The molecule has 0 saturated carbocycles. The maximum Gasteiger partial charge on any atom is 0.327 e. The quantitative estimate of drug-likeness (QED) is 0.250. The molecule has 0 unspecified atom stereocenters. The van der Waals surface area contributed by atoms with Gasteiger partial charge in [0.05, 0.1) is 0 Å². The van der Waals surface area contributed by atoms with Gasteiger partial charge in [-0.05, 0) is 38.9 Å². The van der Waals surface area contributed by atoms with Gasteiger partial charge in [-0.25, -0.2) is 4.79 Å². The van der Waals surface area contributed by atoms with Crippen LogP contribution < -0.4 is 5.32 Å². The number of carboxylic acid groups (broad SMARTS) is 1. The summed E-state index contributed by atoms with van der Waals surface area (Å²) in [7, 11) is 0. The van der Waals surface area contributed by atoms with Crippen molar-refractivity contribution in [2.24, 2.45) is 0 Å². The van der Waals surface area contributed by atoms with Gasteiger partial charge in [0.15, 0.2) is 0 Å². The predicted molar refractivity (Wildman–Crippen MR) is 152 cm³/mol. The van der Waals surface area contributed by atoms with Crippen LogP contribution in [0, 0.1) is 0 Å². The molecule has 5 aromatic carbocycles. The number of carbonyl (C=O) groups excluding carboxylic acids is 1. The van der Waals surface area contributed by atoms with E-state index in [1.165, 1.54) is 0 Å². The first-order valence-electron chi connectivity index (χ1n) is 13.0. The Morgan fingerprint density at radius 1 is 0.564 bits per heavy atom. The van der Waals surface area contributed by atoms with Crippen LogP contribution in [0.3, 0.4) is 0 Å². The lowest BCUT2D eigenvalue weighted by Gasteiger charge is -2.36. The summed E-state index contributed by atoms with van der Waals surface area (Å²) in [6.45, 7) is 0. The van der Waals surface area contributed by atoms with Gasteiger partial charge in [-0.1, -0.05) is 140 Å². The number of hydrogen-bond acceptors (Lipinski definition) is 2. The molecule has 0 radical (unpaired) electrons. The van der Waals surface area contributed by atoms with E-state index < -0.39 is 23.3 Å². The monoisotopic (exact) mass is 509 g/mol. The fourth-order valence-electron chi connectivity index (χ4n) is 6.05. The highest BCUT2D eigenvalue weighted by atomic mass is 16.4. The van der Waals surface area contributed by atoms with Crippen molar-refractivity contribution >= 4 is 11.9 Å². The highest BCUT2D eigenvalue weighted by Gasteiger charge is 2.47. The lowest BCUT2D eigenvalue weighted by Crippen LogP contribution is -2.53. The second kappa shape index (κ2) is 10.1. The standard InChI is InChI=1S/C35H27NO3/c37-33(38)32(31-29-22-12-10-20-27(29)28-21-11-13-23-30(28)31)36-34(39)35(24-14-4-1-5-15-24,25-16-6-2-7-17-25)26-18-8-3-9-19-26/h1-23,31-32H,(H,36,39)(H,37,38)/t32-/m1/s1. The zero-order valence-electron chi connectivity index (χ0n) is 21.2. The summed E-state index contributed by atoms with van der Waals surface area (Å²) >= 11 is 0. The van der Waals surface area contributed by atoms with Crippen LogP contribution in [0.4, 0.5) is 0 Å². The fourth-order valence-corrected chi connectivity index (χ4v) is 6.05. The first-order chi connectivity index (χ1) is 19.1. The van der Waals surface area contributed by atoms with Crippen LogP contribution in [0.1, 0.15) is 33.7 Å². The number of nitrogens with one attached hydrogen (secondary N) is 1. The van der Waals surface area contributed by atoms with Gasteiger partial charge in [-0.3, -0.25) is 4.79 Å². The number of hydrogen-bond donors (Lipinski definition) is 2. The Kier molecular flexibility index (Phi) is 6.29. The Bertz CT molecular complexity index is 1490. The van der Waals surface area contributed by atoms with E-state index in [9.17, 15) is 14.7 Å². The van der Waals surface area contributed by atoms with Crippen molar-refractivity contribution in [3.8, 4) is 11.1 Å². The van der Waals surface area contributed by atoms with E-state index in [1.807, 2.05) is 140 Å². The summed E-state index contributed by atoms with van der Waals surface area (Å²) < 4.78 is 0. The molecule has 1 aliphatic rings. The third-order valence-corrected chi connectivity index (χ3v) is 7.73. The van der Waals surface area contributed by atoms with Crippen LogP contribution in [0.15, 0.2) is 140 Å². The summed E-state index contributed by atoms with van der Waals surface area (Å²) in [5, 5.41) is 13.6. The highest BCUT2D eigenvalue weighted by Crippen LogP contribution is 2.47. The average molecular weight is 510 g/mol. The second-order valence-corrected chi connectivity index (χ2v) is 9.79. The molecule has 1 atom stereocenters. The lowest BCUT2D eigenvalue weighted by atomic mass is 9.68. The minimum absolute atomic E-state index is 0.389. The molecule has 4 nitrogen and oxygen atoms in total. The molecule has 39 heavy (non-hydrogen) atoms. The van der Waals surface area contributed by atoms with Crippen LogP contribution in [-0.2, 0) is 15.0 Å². The summed E-state index contributed by atoms with van der Waals surface area (Å²) in [6, 6.07) is 43.2. The molecule has 0 spiro atoms. The molecule has 0 aliphatic heterocycles. The molecule has 1 aliphatic carbocycles. The number of benzene rings is 5. The molecule has 2 N–H and O–H groups in total. The van der Waals surface area contributed by atoms with E-state index >= 15 is 0 Å². The number of rotatable bonds is 7. The molecule has 190 valence electrons. The molecule has 5 aromatic rings. The van der Waals surface area contributed by atoms with E-state index in [2.05, 4.69) is 5.32 Å². The smallest absolute Gasteiger partial charge is 0.327 e. The molecule has 6 rings (SSSR count). The number of fused-ring (bicyclic) bond motifs is 3. The average Bonchev–Trinajstić information content (AvgIpc) is 3.32. The summed E-state index contributed by atoms with van der Waals surface area (Å²) in [6.07, 6.45) is 0. The van der Waals surface area contributed by atoms with Gasteiger partial charge in [-0.15, -0.1) is 0 Å². The lowest BCUT2D eigenvalue weighted by molar-refractivity contribution is -0.142. The largest absolute Gasteiger partial charge is 0.480 e. The molecular weight excluding hydrogens is 482 g/mol. The molecule has 4 heteroatoms. The van der Waals surface area contributed by atoms with Gasteiger partial charge in [-0.2, -0.15) is 0 Å². The van der Waals surface area contributed by atoms with Crippen LogP contribution in [-0.4, -0.2) is 23.0 Å². The van der Waals surface area contributed by atoms with Crippen LogP contribution in [0.2, 0.25) is 0 Å². The molecule has 0 bridgehead atoms. The third kappa shape index (κ3) is 4.02. The van der Waals surface area contributed by atoms with Gasteiger partial charge >= 0.3 is 5.97 Å². The second-order valence-electron chi connectivity index (χ2n) is 9.79. The van der Waals surface area contributed by atoms with Gasteiger partial charge in [0.25, 0.3) is 0 Å². The maximum atomic E-state index is 14.8. The number of amides is 1. The van der Waals surface area contributed by atoms with Crippen molar-refractivity contribution in [2.45, 2.75) is 17.4 Å². The van der Waals surface area contributed by atoms with E-state index in [4.69, 9.17) is 0 Å². The van der Waals surface area contributed by atoms with Crippen molar-refractivity contribution in [1.82, 2.24) is 5.32 Å². The fraction of sp³-hybridized carbons (Fsp3) is 0.0857. The minimum Gasteiger partial charge on any atom is -0.480 e. The van der Waals surface area contributed by atoms with Crippen LogP contribution in [0.25, 0.3) is 11.1 Å². The Balaban J connectivity index is 1.53. The first-order valence-corrected chi connectivity index (χ1v) is 13.0. The van der Waals surface area contributed by atoms with Crippen molar-refractivity contribution < 1.29 is 14.7 Å². The first kappa shape index (κ1) is 24.4. The SMILES string of the molecule is O=C(O)[C@H](NC(=O)C(c1ccccc1)(c1ccccc1)c1ccccc1)C1c2ccccc2-c2ccccc21. The Morgan fingerprint density at radius 2 is 0.923 bits per heavy atom. The van der Waals surface area contributed by atoms with Crippen molar-refractivity contribution in [3.05, 3.63) is 167 Å². The van der Waals surface area contributed by atoms with Crippen LogP contribution in [0.5, 0.6) is 0 Å². The third-order valence-electron chi connectivity index (χ3n) is 7.73. The summed E-state index contributed by atoms with van der Waals surface area (Å²) in [4.78, 5) is 27.8. The maximum absolute atomic E-state index is 14.8. The number of aliphatic carboxylic acids is 1. The van der Waals surface area contributed by atoms with Crippen molar-refractivity contribution in [2.75, 3.05) is 0 Å². The van der Waals surface area contributed by atoms with Gasteiger partial charge in [0.2, 0.25) is 5.91 Å². The van der Waals surface area contributed by atoms with E-state index in [0.717, 1.165) is 38.9 Å². The van der Waals surface area contributed by atoms with E-state index in [-0.39, 0.29) is 5.91 Å². The Morgan fingerprint density at radius 3 is 1.31 bits per heavy atom. The molecule has 0 aromatic heterocycles. The van der Waals surface area contributed by atoms with Crippen molar-refractivity contribution in [3.63, 3.8) is 0 Å². The Hall–Kier alpha value is -4.96. The summed E-state index contributed by atoms with van der Waals surface area (Å²) in [5.74, 6) is -2.00. The van der Waals surface area contributed by atoms with Gasteiger partial charge < -0.3 is 10.4 Å². The Labute approximate surface area is 227 Å². The highest BCUT2D eigenvalue weighted by molar-refractivity contribution is 5.99. The molecular formula is C35H27NO3. The van der Waals surface area contributed by atoms with Gasteiger partial charge in [0.1, 0.15) is 11.5 Å². The van der Waals surface area contributed by atoms with E-state index in [0.29, 0.717) is 0 Å². The minimum atomic E-state index is -1.27. The molecule has 0 fully saturated rings. The zero-order chi connectivity index (χ0) is 26.8. The summed E-state index contributed by atoms with van der Waals surface area (Å²) in [5.41, 5.74) is 4.81. The normalized spacial score (nSPS) is 13.2. The van der Waals surface area contributed by atoms with Gasteiger partial charge in [0, 0.05) is 5.92 Å². The topological polar surface area (TPSA) is 66.4 Å². The molecule has 0 saturated heterocycles. The predicted octanol–water partition coefficient (Wildman–Crippen LogP) is 6.40. The number of carbonyl (C=O) groups is 2. The zero-order valence-corrected chi connectivity index (χ0v) is 21.2. The number of carboxylic acids is 1. The molecule has 0 heterocycles. The van der Waals surface area contributed by atoms with E-state index in [1.54, 1.807) is 0 Å².